The fraction of sp³-hybridized carbons (Fsp3) is 0.538. The minimum atomic E-state index is -4.48. The number of amides is 2. The Morgan fingerprint density at radius 1 is 1.05 bits per heavy atom. The van der Waals surface area contributed by atoms with Gasteiger partial charge in [-0.05, 0) is 57.0 Å². The van der Waals surface area contributed by atoms with Crippen molar-refractivity contribution in [3.63, 3.8) is 0 Å². The monoisotopic (exact) mass is 520 g/mol. The summed E-state index contributed by atoms with van der Waals surface area (Å²) >= 11 is 0. The molecule has 2 heterocycles. The van der Waals surface area contributed by atoms with Crippen LogP contribution in [0.3, 0.4) is 0 Å². The first kappa shape index (κ1) is 28.4. The molecule has 2 aromatic rings. The van der Waals surface area contributed by atoms with Crippen molar-refractivity contribution >= 4 is 23.5 Å². The highest BCUT2D eigenvalue weighted by Gasteiger charge is 2.33. The van der Waals surface area contributed by atoms with E-state index in [0.717, 1.165) is 25.7 Å². The van der Waals surface area contributed by atoms with E-state index in [9.17, 15) is 22.8 Å². The quantitative estimate of drug-likeness (QED) is 0.625. The summed E-state index contributed by atoms with van der Waals surface area (Å²) in [6.45, 7) is 6.47. The van der Waals surface area contributed by atoms with Crippen LogP contribution in [0.4, 0.5) is 24.8 Å². The van der Waals surface area contributed by atoms with Crippen LogP contribution in [0.15, 0.2) is 30.5 Å². The number of hydrogen-bond donors (Lipinski definition) is 2. The molecule has 0 radical (unpaired) electrons. The Hall–Kier alpha value is -3.21. The van der Waals surface area contributed by atoms with E-state index in [1.165, 1.54) is 26.2 Å². The highest BCUT2D eigenvalue weighted by Crippen LogP contribution is 2.31. The van der Waals surface area contributed by atoms with Gasteiger partial charge in [-0.15, -0.1) is 0 Å². The first-order valence-corrected chi connectivity index (χ1v) is 12.5. The van der Waals surface area contributed by atoms with Crippen molar-refractivity contribution in [2.24, 2.45) is 17.6 Å². The Morgan fingerprint density at radius 3 is 2.19 bits per heavy atom. The molecule has 1 unspecified atom stereocenters. The van der Waals surface area contributed by atoms with Crippen molar-refractivity contribution < 1.29 is 22.8 Å². The summed E-state index contributed by atoms with van der Waals surface area (Å²) in [6, 6.07) is 6.72. The molecule has 8 nitrogen and oxygen atoms in total. The summed E-state index contributed by atoms with van der Waals surface area (Å²) in [4.78, 5) is 34.8. The number of nitrogens with two attached hydrogens (primary N) is 1. The number of carbonyl (C=O) groups excluding carboxylic acids is 2. The van der Waals surface area contributed by atoms with E-state index in [1.807, 2.05) is 11.9 Å². The largest absolute Gasteiger partial charge is 0.419 e. The first-order valence-electron chi connectivity index (χ1n) is 12.5. The maximum Gasteiger partial charge on any atom is 0.419 e. The smallest absolute Gasteiger partial charge is 0.369 e. The lowest BCUT2D eigenvalue weighted by molar-refractivity contribution is -0.138. The number of nitrogens with zero attached hydrogens (tertiary/aromatic N) is 4. The number of benzene rings is 1. The summed E-state index contributed by atoms with van der Waals surface area (Å²) in [5, 5.41) is 2.85. The third-order valence-corrected chi connectivity index (χ3v) is 6.94. The zero-order valence-electron chi connectivity index (χ0n) is 21.5. The van der Waals surface area contributed by atoms with Crippen molar-refractivity contribution in [3.8, 4) is 0 Å². The van der Waals surface area contributed by atoms with Gasteiger partial charge in [-0.2, -0.15) is 13.2 Å². The van der Waals surface area contributed by atoms with Crippen LogP contribution < -0.4 is 11.1 Å². The van der Waals surface area contributed by atoms with Gasteiger partial charge in [0.2, 0.25) is 11.9 Å². The standard InChI is InChI=1S/C18H20F3N5O.C8H15NO/c1-12-15(18(19,20)21)11-22-17(23-12)24-14-5-3-13(4-6-14)16(27)26-9-7-25(2)8-10-26;1-6-4-2-3-5-7(6)8(9)10/h3-6,11H,7-10H2,1-2H3,(H,22,23,24);6-7H,2-5H2,1H3,(H2,9,10)/t;6?,7-/m.1/s1. The maximum atomic E-state index is 12.8. The molecule has 0 spiro atoms. The summed E-state index contributed by atoms with van der Waals surface area (Å²) in [6.07, 6.45) is 0.914. The molecule has 11 heteroatoms. The fourth-order valence-corrected chi connectivity index (χ4v) is 4.56. The molecule has 1 aromatic heterocycles. The van der Waals surface area contributed by atoms with Crippen LogP contribution in [0, 0.1) is 18.8 Å². The minimum absolute atomic E-state index is 0.0312. The number of nitrogens with one attached hydrogen (secondary N) is 1. The van der Waals surface area contributed by atoms with Gasteiger partial charge in [-0.25, -0.2) is 9.97 Å². The number of anilines is 2. The Morgan fingerprint density at radius 2 is 1.68 bits per heavy atom. The number of likely N-dealkylation sites (N-methyl/N-ethyl adjacent to an activating group) is 1. The van der Waals surface area contributed by atoms with Crippen LogP contribution in [0.5, 0.6) is 0 Å². The lowest BCUT2D eigenvalue weighted by Gasteiger charge is -2.32. The van der Waals surface area contributed by atoms with Crippen LogP contribution in [-0.2, 0) is 11.0 Å². The Bertz CT molecular complexity index is 1070. The molecule has 3 N–H and O–H groups in total. The summed E-state index contributed by atoms with van der Waals surface area (Å²) in [5.74, 6) is 0.613. The molecule has 0 bridgehead atoms. The van der Waals surface area contributed by atoms with Crippen LogP contribution >= 0.6 is 0 Å². The number of halogens is 3. The second-order valence-electron chi connectivity index (χ2n) is 9.76. The molecule has 1 saturated heterocycles. The second kappa shape index (κ2) is 12.4. The first-order chi connectivity index (χ1) is 17.5. The van der Waals surface area contributed by atoms with E-state index >= 15 is 0 Å². The number of hydrogen-bond acceptors (Lipinski definition) is 6. The molecular weight excluding hydrogens is 485 g/mol. The normalized spacial score (nSPS) is 20.5. The molecule has 2 atom stereocenters. The number of aryl methyl sites for hydroxylation is 1. The van der Waals surface area contributed by atoms with E-state index in [-0.39, 0.29) is 29.4 Å². The lowest BCUT2D eigenvalue weighted by atomic mass is 9.80. The summed E-state index contributed by atoms with van der Waals surface area (Å²) < 4.78 is 38.3. The van der Waals surface area contributed by atoms with Gasteiger partial charge in [0.15, 0.2) is 0 Å². The predicted octanol–water partition coefficient (Wildman–Crippen LogP) is 4.23. The second-order valence-corrected chi connectivity index (χ2v) is 9.76. The van der Waals surface area contributed by atoms with E-state index < -0.39 is 11.7 Å². The molecule has 4 rings (SSSR count). The van der Waals surface area contributed by atoms with E-state index in [1.54, 1.807) is 24.3 Å². The van der Waals surface area contributed by atoms with Crippen molar-refractivity contribution in [2.45, 2.75) is 45.7 Å². The number of piperazine rings is 1. The Kier molecular flexibility index (Phi) is 9.47. The van der Waals surface area contributed by atoms with Crippen molar-refractivity contribution in [2.75, 3.05) is 38.5 Å². The van der Waals surface area contributed by atoms with E-state index in [0.29, 0.717) is 30.3 Å². The number of alkyl halides is 3. The van der Waals surface area contributed by atoms with Crippen molar-refractivity contribution in [3.05, 3.63) is 47.3 Å². The van der Waals surface area contributed by atoms with Crippen LogP contribution in [0.1, 0.15) is 54.2 Å². The average molecular weight is 521 g/mol. The topological polar surface area (TPSA) is 104 Å². The van der Waals surface area contributed by atoms with Crippen molar-refractivity contribution in [1.29, 1.82) is 0 Å². The van der Waals surface area contributed by atoms with E-state index in [2.05, 4.69) is 27.1 Å². The third kappa shape index (κ3) is 7.88. The molecular formula is C26H35F3N6O2. The summed E-state index contributed by atoms with van der Waals surface area (Å²) in [7, 11) is 2.02. The number of aromatic nitrogens is 2. The number of rotatable bonds is 4. The minimum Gasteiger partial charge on any atom is -0.369 e. The average Bonchev–Trinajstić information content (AvgIpc) is 2.84. The fourth-order valence-electron chi connectivity index (χ4n) is 4.56. The summed E-state index contributed by atoms with van der Waals surface area (Å²) in [5.41, 5.74) is 5.36. The van der Waals surface area contributed by atoms with Gasteiger partial charge in [0.25, 0.3) is 5.91 Å². The van der Waals surface area contributed by atoms with E-state index in [4.69, 9.17) is 5.73 Å². The molecule has 2 fully saturated rings. The number of carbonyl (C=O) groups is 2. The molecule has 37 heavy (non-hydrogen) atoms. The SMILES string of the molecule is CC1CCCC[C@H]1C(N)=O.Cc1nc(Nc2ccc(C(=O)N3CCN(C)CC3)cc2)ncc1C(F)(F)F. The molecule has 2 amide bonds. The zero-order chi connectivity index (χ0) is 27.2. The molecule has 1 saturated carbocycles. The highest BCUT2D eigenvalue weighted by molar-refractivity contribution is 5.94. The Labute approximate surface area is 215 Å². The molecule has 1 aliphatic heterocycles. The maximum absolute atomic E-state index is 12.8. The molecule has 202 valence electrons. The molecule has 1 aliphatic carbocycles. The van der Waals surface area contributed by atoms with Gasteiger partial charge in [-0.3, -0.25) is 9.59 Å². The van der Waals surface area contributed by atoms with Gasteiger partial charge in [0.1, 0.15) is 0 Å². The zero-order valence-corrected chi connectivity index (χ0v) is 21.5. The highest BCUT2D eigenvalue weighted by atomic mass is 19.4. The van der Waals surface area contributed by atoms with Crippen LogP contribution in [-0.4, -0.2) is 64.8 Å². The van der Waals surface area contributed by atoms with Gasteiger partial charge in [-0.1, -0.05) is 19.8 Å². The van der Waals surface area contributed by atoms with Crippen LogP contribution in [0.2, 0.25) is 0 Å². The van der Waals surface area contributed by atoms with Gasteiger partial charge >= 0.3 is 6.18 Å². The molecule has 1 aromatic carbocycles. The van der Waals surface area contributed by atoms with Gasteiger partial charge in [0, 0.05) is 49.5 Å². The predicted molar refractivity (Wildman–Crippen MR) is 135 cm³/mol. The third-order valence-electron chi connectivity index (χ3n) is 6.94. The van der Waals surface area contributed by atoms with Gasteiger partial charge in [0.05, 0.1) is 11.3 Å². The van der Waals surface area contributed by atoms with Gasteiger partial charge < -0.3 is 20.9 Å². The lowest BCUT2D eigenvalue weighted by Crippen LogP contribution is -2.47. The Balaban J connectivity index is 0.000000319. The van der Waals surface area contributed by atoms with Crippen molar-refractivity contribution in [1.82, 2.24) is 19.8 Å². The molecule has 2 aliphatic rings. The van der Waals surface area contributed by atoms with Crippen LogP contribution in [0.25, 0.3) is 0 Å². The number of primary amides is 1.